The molecule has 2 aliphatic rings. The number of benzene rings is 1. The first-order valence-corrected chi connectivity index (χ1v) is 9.11. The first-order chi connectivity index (χ1) is 10.2. The van der Waals surface area contributed by atoms with Crippen LogP contribution in [0.1, 0.15) is 42.5 Å². The lowest BCUT2D eigenvalue weighted by atomic mass is 9.67. The zero-order chi connectivity index (χ0) is 14.8. The zero-order valence-corrected chi connectivity index (χ0v) is 14.6. The topological polar surface area (TPSA) is 55.1 Å². The highest BCUT2D eigenvalue weighted by molar-refractivity contribution is 7.98. The van der Waals surface area contributed by atoms with Crippen LogP contribution in [0.3, 0.4) is 0 Å². The maximum atomic E-state index is 12.6. The van der Waals surface area contributed by atoms with Gasteiger partial charge in [0.1, 0.15) is 0 Å². The summed E-state index contributed by atoms with van der Waals surface area (Å²) in [5.41, 5.74) is 6.96. The van der Waals surface area contributed by atoms with Gasteiger partial charge in [-0.1, -0.05) is 18.6 Å². The number of nitrogens with two attached hydrogens (primary N) is 1. The van der Waals surface area contributed by atoms with Gasteiger partial charge in [0.2, 0.25) is 0 Å². The molecule has 0 aromatic heterocycles. The summed E-state index contributed by atoms with van der Waals surface area (Å²) in [6, 6.07) is 8.50. The van der Waals surface area contributed by atoms with Crippen LogP contribution in [0, 0.1) is 11.8 Å². The van der Waals surface area contributed by atoms with Gasteiger partial charge in [-0.25, -0.2) is 0 Å². The Balaban J connectivity index is 0.00000176. The average molecular weight is 341 g/mol. The third-order valence-electron chi connectivity index (χ3n) is 5.03. The Morgan fingerprint density at radius 3 is 2.50 bits per heavy atom. The zero-order valence-electron chi connectivity index (χ0n) is 13.0. The number of amides is 1. The molecule has 3 rings (SSSR count). The molecule has 1 amide bonds. The maximum absolute atomic E-state index is 12.6. The van der Waals surface area contributed by atoms with E-state index in [2.05, 4.69) is 5.32 Å². The van der Waals surface area contributed by atoms with Crippen molar-refractivity contribution in [2.24, 2.45) is 17.6 Å². The highest BCUT2D eigenvalue weighted by Gasteiger charge is 2.40. The molecule has 0 radical (unpaired) electrons. The molecule has 2 unspecified atom stereocenters. The molecule has 2 bridgehead atoms. The van der Waals surface area contributed by atoms with Crippen LogP contribution in [0.2, 0.25) is 0 Å². The minimum atomic E-state index is 0. The van der Waals surface area contributed by atoms with Crippen molar-refractivity contribution < 1.29 is 4.79 Å². The summed E-state index contributed by atoms with van der Waals surface area (Å²) >= 11 is 1.63. The van der Waals surface area contributed by atoms with E-state index in [0.717, 1.165) is 23.3 Å². The Labute approximate surface area is 143 Å². The van der Waals surface area contributed by atoms with Crippen LogP contribution in [-0.2, 0) is 0 Å². The molecule has 0 saturated heterocycles. The Morgan fingerprint density at radius 2 is 1.86 bits per heavy atom. The Bertz CT molecular complexity index is 511. The fourth-order valence-electron chi connectivity index (χ4n) is 4.09. The molecule has 3 nitrogen and oxygen atoms in total. The molecule has 1 aromatic carbocycles. The quantitative estimate of drug-likeness (QED) is 0.828. The maximum Gasteiger partial charge on any atom is 0.252 e. The van der Waals surface area contributed by atoms with Gasteiger partial charge in [0.05, 0.1) is 5.56 Å². The van der Waals surface area contributed by atoms with Gasteiger partial charge in [-0.05, 0) is 55.9 Å². The van der Waals surface area contributed by atoms with Crippen LogP contribution >= 0.6 is 24.2 Å². The van der Waals surface area contributed by atoms with Crippen molar-refractivity contribution in [1.29, 1.82) is 0 Å². The second kappa shape index (κ2) is 7.71. The van der Waals surface area contributed by atoms with Crippen molar-refractivity contribution >= 4 is 30.1 Å². The van der Waals surface area contributed by atoms with E-state index in [1.807, 2.05) is 30.5 Å². The molecule has 122 valence electrons. The number of hydrogen-bond acceptors (Lipinski definition) is 3. The summed E-state index contributed by atoms with van der Waals surface area (Å²) in [7, 11) is 0. The van der Waals surface area contributed by atoms with E-state index in [9.17, 15) is 4.79 Å². The van der Waals surface area contributed by atoms with E-state index in [4.69, 9.17) is 5.73 Å². The van der Waals surface area contributed by atoms with Gasteiger partial charge >= 0.3 is 0 Å². The fourth-order valence-corrected chi connectivity index (χ4v) is 4.68. The van der Waals surface area contributed by atoms with E-state index in [1.54, 1.807) is 11.8 Å². The summed E-state index contributed by atoms with van der Waals surface area (Å²) in [4.78, 5) is 13.7. The summed E-state index contributed by atoms with van der Waals surface area (Å²) < 4.78 is 0. The highest BCUT2D eigenvalue weighted by atomic mass is 35.5. The second-order valence-electron chi connectivity index (χ2n) is 6.38. The predicted octanol–water partition coefficient (Wildman–Crippen LogP) is 3.47. The molecule has 2 atom stereocenters. The third-order valence-corrected chi connectivity index (χ3v) is 5.82. The van der Waals surface area contributed by atoms with Gasteiger partial charge in [-0.2, -0.15) is 0 Å². The van der Waals surface area contributed by atoms with Crippen LogP contribution in [0.4, 0.5) is 0 Å². The number of rotatable bonds is 3. The summed E-state index contributed by atoms with van der Waals surface area (Å²) in [6.45, 7) is 0. The third kappa shape index (κ3) is 3.61. The second-order valence-corrected chi connectivity index (χ2v) is 7.23. The van der Waals surface area contributed by atoms with Gasteiger partial charge in [0.15, 0.2) is 0 Å². The Morgan fingerprint density at radius 1 is 1.23 bits per heavy atom. The van der Waals surface area contributed by atoms with Crippen LogP contribution in [-0.4, -0.2) is 24.2 Å². The van der Waals surface area contributed by atoms with Crippen molar-refractivity contribution in [1.82, 2.24) is 5.32 Å². The SMILES string of the molecule is CSc1ccccc1C(=O)NC1C2CCCC1CC(N)C2.Cl. The molecule has 2 aliphatic carbocycles. The molecule has 2 saturated carbocycles. The van der Waals surface area contributed by atoms with E-state index >= 15 is 0 Å². The number of carbonyl (C=O) groups is 1. The summed E-state index contributed by atoms with van der Waals surface area (Å²) in [5.74, 6) is 1.22. The van der Waals surface area contributed by atoms with Crippen molar-refractivity contribution in [3.63, 3.8) is 0 Å². The molecule has 0 aliphatic heterocycles. The molecule has 0 heterocycles. The number of halogens is 1. The lowest BCUT2D eigenvalue weighted by Gasteiger charge is -2.45. The van der Waals surface area contributed by atoms with Crippen LogP contribution in [0.15, 0.2) is 29.2 Å². The lowest BCUT2D eigenvalue weighted by Crippen LogP contribution is -2.53. The number of fused-ring (bicyclic) bond motifs is 2. The number of carbonyl (C=O) groups excluding carboxylic acids is 1. The van der Waals surface area contributed by atoms with Crippen LogP contribution < -0.4 is 11.1 Å². The average Bonchev–Trinajstić information content (AvgIpc) is 2.48. The molecular formula is C17H25ClN2OS. The lowest BCUT2D eigenvalue weighted by molar-refractivity contribution is 0.0753. The summed E-state index contributed by atoms with van der Waals surface area (Å²) in [6.07, 6.45) is 7.84. The monoisotopic (exact) mass is 340 g/mol. The first-order valence-electron chi connectivity index (χ1n) is 7.88. The van der Waals surface area contributed by atoms with Gasteiger partial charge in [-0.3, -0.25) is 4.79 Å². The molecule has 2 fully saturated rings. The highest BCUT2D eigenvalue weighted by Crippen LogP contribution is 2.39. The standard InChI is InChI=1S/C17H24N2OS.ClH/c1-21-15-8-3-2-7-14(15)17(20)19-16-11-5-4-6-12(16)10-13(18)9-11;/h2-3,7-8,11-13,16H,4-6,9-10,18H2,1H3,(H,19,20);1H. The van der Waals surface area contributed by atoms with Crippen LogP contribution in [0.5, 0.6) is 0 Å². The largest absolute Gasteiger partial charge is 0.349 e. The van der Waals surface area contributed by atoms with E-state index in [-0.39, 0.29) is 18.3 Å². The Kier molecular flexibility index (Phi) is 6.18. The minimum Gasteiger partial charge on any atom is -0.349 e. The smallest absolute Gasteiger partial charge is 0.252 e. The van der Waals surface area contributed by atoms with Gasteiger partial charge in [0.25, 0.3) is 5.91 Å². The van der Waals surface area contributed by atoms with E-state index < -0.39 is 0 Å². The number of nitrogens with one attached hydrogen (secondary N) is 1. The molecular weight excluding hydrogens is 316 g/mol. The molecule has 5 heteroatoms. The molecule has 1 aromatic rings. The van der Waals surface area contributed by atoms with Gasteiger partial charge in [-0.15, -0.1) is 24.2 Å². The van der Waals surface area contributed by atoms with E-state index in [0.29, 0.717) is 23.9 Å². The minimum absolute atomic E-state index is 0. The normalized spacial score (nSPS) is 30.3. The number of thioether (sulfide) groups is 1. The van der Waals surface area contributed by atoms with Crippen LogP contribution in [0.25, 0.3) is 0 Å². The summed E-state index contributed by atoms with van der Waals surface area (Å²) in [5, 5.41) is 3.32. The van der Waals surface area contributed by atoms with Crippen molar-refractivity contribution in [2.75, 3.05) is 6.26 Å². The molecule has 0 spiro atoms. The van der Waals surface area contributed by atoms with E-state index in [1.165, 1.54) is 19.3 Å². The van der Waals surface area contributed by atoms with Crippen molar-refractivity contribution in [3.8, 4) is 0 Å². The Hall–Kier alpha value is -0.710. The number of hydrogen-bond donors (Lipinski definition) is 2. The molecule has 22 heavy (non-hydrogen) atoms. The van der Waals surface area contributed by atoms with Crippen molar-refractivity contribution in [3.05, 3.63) is 29.8 Å². The predicted molar refractivity (Wildman–Crippen MR) is 94.8 cm³/mol. The first kappa shape index (κ1) is 17.6. The van der Waals surface area contributed by atoms with Gasteiger partial charge in [0, 0.05) is 17.0 Å². The fraction of sp³-hybridized carbons (Fsp3) is 0.588. The molecule has 3 N–H and O–H groups in total. The van der Waals surface area contributed by atoms with Gasteiger partial charge < -0.3 is 11.1 Å². The van der Waals surface area contributed by atoms with Crippen molar-refractivity contribution in [2.45, 2.75) is 49.1 Å².